The van der Waals surface area contributed by atoms with E-state index in [-0.39, 0.29) is 18.9 Å². The van der Waals surface area contributed by atoms with E-state index in [4.69, 9.17) is 14.7 Å². The number of amides is 1. The third kappa shape index (κ3) is 6.31. The van der Waals surface area contributed by atoms with Crippen molar-refractivity contribution in [2.24, 2.45) is 5.92 Å². The zero-order valence-corrected chi connectivity index (χ0v) is 17.0. The Balaban J connectivity index is 2.18. The highest BCUT2D eigenvalue weighted by molar-refractivity contribution is 5.84. The van der Waals surface area contributed by atoms with Crippen molar-refractivity contribution in [2.45, 2.75) is 52.7 Å². The van der Waals surface area contributed by atoms with Crippen LogP contribution in [0.5, 0.6) is 0 Å². The first-order chi connectivity index (χ1) is 13.1. The van der Waals surface area contributed by atoms with E-state index in [0.29, 0.717) is 5.69 Å². The number of carbonyl (C=O) groups excluding carboxylic acids is 2. The van der Waals surface area contributed by atoms with Crippen LogP contribution in [-0.2, 0) is 20.7 Å². The number of rotatable bonds is 6. The van der Waals surface area contributed by atoms with Gasteiger partial charge in [0.1, 0.15) is 23.4 Å². The van der Waals surface area contributed by atoms with Crippen LogP contribution in [0.15, 0.2) is 24.3 Å². The normalized spacial score (nSPS) is 12.5. The van der Waals surface area contributed by atoms with Gasteiger partial charge < -0.3 is 19.8 Å². The van der Waals surface area contributed by atoms with Crippen LogP contribution in [0.3, 0.4) is 0 Å². The van der Waals surface area contributed by atoms with Gasteiger partial charge >= 0.3 is 12.1 Å². The van der Waals surface area contributed by atoms with E-state index in [2.05, 4.69) is 16.4 Å². The fourth-order valence-corrected chi connectivity index (χ4v) is 2.60. The smallest absolute Gasteiger partial charge is 0.408 e. The van der Waals surface area contributed by atoms with Crippen LogP contribution in [0.2, 0.25) is 0 Å². The van der Waals surface area contributed by atoms with E-state index in [9.17, 15) is 9.59 Å². The summed E-state index contributed by atoms with van der Waals surface area (Å²) in [4.78, 5) is 27.7. The first-order valence-electron chi connectivity index (χ1n) is 9.25. The number of nitrogens with one attached hydrogen (secondary N) is 2. The third-order valence-corrected chi connectivity index (χ3v) is 3.78. The lowest BCUT2D eigenvalue weighted by molar-refractivity contribution is -0.147. The second-order valence-corrected chi connectivity index (χ2v) is 8.14. The third-order valence-electron chi connectivity index (χ3n) is 3.78. The van der Waals surface area contributed by atoms with Crippen molar-refractivity contribution in [3.63, 3.8) is 0 Å². The molecule has 0 unspecified atom stereocenters. The van der Waals surface area contributed by atoms with E-state index in [1.807, 2.05) is 32.0 Å². The molecule has 0 saturated heterocycles. The predicted molar refractivity (Wildman–Crippen MR) is 106 cm³/mol. The van der Waals surface area contributed by atoms with Gasteiger partial charge in [0.15, 0.2) is 0 Å². The number of esters is 1. The summed E-state index contributed by atoms with van der Waals surface area (Å²) in [5, 5.41) is 12.5. The molecule has 0 bridgehead atoms. The molecule has 2 N–H and O–H groups in total. The largest absolute Gasteiger partial charge is 0.464 e. The highest BCUT2D eigenvalue weighted by atomic mass is 16.6. The highest BCUT2D eigenvalue weighted by Gasteiger charge is 2.26. The predicted octanol–water partition coefficient (Wildman–Crippen LogP) is 3.67. The van der Waals surface area contributed by atoms with Crippen LogP contribution in [0.4, 0.5) is 4.79 Å². The molecule has 1 amide bonds. The molecule has 28 heavy (non-hydrogen) atoms. The molecule has 2 aromatic rings. The van der Waals surface area contributed by atoms with E-state index < -0.39 is 23.7 Å². The Bertz CT molecular complexity index is 887. The highest BCUT2D eigenvalue weighted by Crippen LogP contribution is 2.18. The SMILES string of the molecule is CC(C)COC(=O)[C@H](Cc1ccc2[nH]c(C#N)cc2c1)NC(=O)OC(C)(C)C. The first kappa shape index (κ1) is 21.3. The number of fused-ring (bicyclic) bond motifs is 1. The second kappa shape index (κ2) is 8.79. The number of H-pyrrole nitrogens is 1. The number of aromatic amines is 1. The number of nitriles is 1. The molecule has 0 aliphatic heterocycles. The van der Waals surface area contributed by atoms with Gasteiger partial charge in [0.25, 0.3) is 0 Å². The fraction of sp³-hybridized carbons (Fsp3) is 0.476. The maximum atomic E-state index is 12.5. The maximum absolute atomic E-state index is 12.5. The fourth-order valence-electron chi connectivity index (χ4n) is 2.60. The quantitative estimate of drug-likeness (QED) is 0.738. The molecule has 2 rings (SSSR count). The Morgan fingerprint density at radius 2 is 1.96 bits per heavy atom. The van der Waals surface area contributed by atoms with Gasteiger partial charge in [-0.1, -0.05) is 19.9 Å². The van der Waals surface area contributed by atoms with E-state index >= 15 is 0 Å². The van der Waals surface area contributed by atoms with Crippen molar-refractivity contribution in [1.29, 1.82) is 5.26 Å². The Morgan fingerprint density at radius 3 is 2.57 bits per heavy atom. The number of benzene rings is 1. The van der Waals surface area contributed by atoms with Crippen LogP contribution >= 0.6 is 0 Å². The lowest BCUT2D eigenvalue weighted by atomic mass is 10.0. The number of hydrogen-bond donors (Lipinski definition) is 2. The summed E-state index contributed by atoms with van der Waals surface area (Å²) in [5.41, 5.74) is 1.46. The molecule has 0 saturated carbocycles. The number of nitrogens with zero attached hydrogens (tertiary/aromatic N) is 1. The molecule has 0 fully saturated rings. The lowest BCUT2D eigenvalue weighted by Gasteiger charge is -2.23. The molecule has 1 aromatic carbocycles. The average Bonchev–Trinajstić information content (AvgIpc) is 2.99. The minimum Gasteiger partial charge on any atom is -0.464 e. The van der Waals surface area contributed by atoms with Gasteiger partial charge in [0, 0.05) is 17.3 Å². The molecule has 1 aromatic heterocycles. The zero-order chi connectivity index (χ0) is 20.9. The van der Waals surface area contributed by atoms with Crippen LogP contribution in [-0.4, -0.2) is 35.3 Å². The second-order valence-electron chi connectivity index (χ2n) is 8.14. The summed E-state index contributed by atoms with van der Waals surface area (Å²) in [5.74, 6) is -0.321. The van der Waals surface area contributed by atoms with Crippen molar-refractivity contribution < 1.29 is 19.1 Å². The van der Waals surface area contributed by atoms with E-state index in [1.54, 1.807) is 26.8 Å². The molecular formula is C21H27N3O4. The van der Waals surface area contributed by atoms with Gasteiger partial charge in [-0.3, -0.25) is 0 Å². The summed E-state index contributed by atoms with van der Waals surface area (Å²) >= 11 is 0. The standard InChI is InChI=1S/C21H27N3O4/c1-13(2)12-27-19(25)18(24-20(26)28-21(3,4)5)9-14-6-7-17-15(8-14)10-16(11-22)23-17/h6-8,10,13,18,23H,9,12H2,1-5H3,(H,24,26)/t18-/m0/s1. The average molecular weight is 385 g/mol. The topological polar surface area (TPSA) is 104 Å². The van der Waals surface area contributed by atoms with Crippen LogP contribution < -0.4 is 5.32 Å². The monoisotopic (exact) mass is 385 g/mol. The van der Waals surface area contributed by atoms with Crippen molar-refractivity contribution in [1.82, 2.24) is 10.3 Å². The minimum atomic E-state index is -0.875. The minimum absolute atomic E-state index is 0.187. The van der Waals surface area contributed by atoms with Gasteiger partial charge in [0.2, 0.25) is 0 Å². The van der Waals surface area contributed by atoms with Gasteiger partial charge in [0.05, 0.1) is 6.61 Å². The Morgan fingerprint density at radius 1 is 1.25 bits per heavy atom. The van der Waals surface area contributed by atoms with E-state index in [0.717, 1.165) is 16.5 Å². The Labute approximate surface area is 165 Å². The molecule has 1 atom stereocenters. The van der Waals surface area contributed by atoms with Gasteiger partial charge in [-0.25, -0.2) is 9.59 Å². The molecular weight excluding hydrogens is 358 g/mol. The number of carbonyl (C=O) groups is 2. The van der Waals surface area contributed by atoms with Crippen LogP contribution in [0.25, 0.3) is 10.9 Å². The van der Waals surface area contributed by atoms with Crippen LogP contribution in [0.1, 0.15) is 45.9 Å². The molecule has 1 heterocycles. The molecule has 0 spiro atoms. The molecule has 0 aliphatic rings. The Hall–Kier alpha value is -3.01. The lowest BCUT2D eigenvalue weighted by Crippen LogP contribution is -2.45. The zero-order valence-electron chi connectivity index (χ0n) is 17.0. The number of hydrogen-bond acceptors (Lipinski definition) is 5. The summed E-state index contributed by atoms with van der Waals surface area (Å²) in [6.45, 7) is 9.42. The summed E-state index contributed by atoms with van der Waals surface area (Å²) in [6.07, 6.45) is -0.424. The van der Waals surface area contributed by atoms with E-state index in [1.165, 1.54) is 0 Å². The molecule has 150 valence electrons. The number of ether oxygens (including phenoxy) is 2. The Kier molecular flexibility index (Phi) is 6.68. The molecule has 0 aliphatic carbocycles. The number of aromatic nitrogens is 1. The van der Waals surface area contributed by atoms with Gasteiger partial charge in [-0.05, 0) is 50.5 Å². The van der Waals surface area contributed by atoms with Crippen molar-refractivity contribution >= 4 is 23.0 Å². The van der Waals surface area contributed by atoms with Crippen molar-refractivity contribution in [2.75, 3.05) is 6.61 Å². The molecule has 0 radical (unpaired) electrons. The molecule has 7 heteroatoms. The molecule has 7 nitrogen and oxygen atoms in total. The maximum Gasteiger partial charge on any atom is 0.408 e. The van der Waals surface area contributed by atoms with Crippen LogP contribution in [0, 0.1) is 17.2 Å². The van der Waals surface area contributed by atoms with Gasteiger partial charge in [-0.2, -0.15) is 5.26 Å². The summed E-state index contributed by atoms with van der Waals surface area (Å²) in [6, 6.07) is 8.50. The summed E-state index contributed by atoms with van der Waals surface area (Å²) < 4.78 is 10.6. The van der Waals surface area contributed by atoms with Gasteiger partial charge in [-0.15, -0.1) is 0 Å². The number of alkyl carbamates (subject to hydrolysis) is 1. The van der Waals surface area contributed by atoms with Crippen molar-refractivity contribution in [3.05, 3.63) is 35.5 Å². The van der Waals surface area contributed by atoms with Crippen molar-refractivity contribution in [3.8, 4) is 6.07 Å². The summed E-state index contributed by atoms with van der Waals surface area (Å²) in [7, 11) is 0. The first-order valence-corrected chi connectivity index (χ1v) is 9.25.